The van der Waals surface area contributed by atoms with Crippen LogP contribution in [0.15, 0.2) is 24.3 Å². The first-order valence-corrected chi connectivity index (χ1v) is 7.16. The minimum atomic E-state index is -0.386. The number of hydrogen-bond acceptors (Lipinski definition) is 3. The average molecular weight is 291 g/mol. The van der Waals surface area contributed by atoms with E-state index in [1.807, 2.05) is 45.0 Å². The van der Waals surface area contributed by atoms with E-state index in [9.17, 15) is 9.59 Å². The van der Waals surface area contributed by atoms with Gasteiger partial charge in [-0.25, -0.2) is 0 Å². The first-order valence-electron chi connectivity index (χ1n) is 7.16. The maximum atomic E-state index is 12.2. The summed E-state index contributed by atoms with van der Waals surface area (Å²) in [6, 6.07) is 7.35. The van der Waals surface area contributed by atoms with Crippen molar-refractivity contribution in [2.75, 3.05) is 18.9 Å². The van der Waals surface area contributed by atoms with Crippen LogP contribution in [0, 0.1) is 6.92 Å². The van der Waals surface area contributed by atoms with E-state index < -0.39 is 0 Å². The van der Waals surface area contributed by atoms with Crippen molar-refractivity contribution in [2.45, 2.75) is 39.8 Å². The number of amides is 2. The first kappa shape index (κ1) is 17.2. The van der Waals surface area contributed by atoms with E-state index in [4.69, 9.17) is 0 Å². The quantitative estimate of drug-likeness (QED) is 0.840. The summed E-state index contributed by atoms with van der Waals surface area (Å²) < 4.78 is 0. The highest BCUT2D eigenvalue weighted by atomic mass is 16.2. The van der Waals surface area contributed by atoms with Gasteiger partial charge in [-0.15, -0.1) is 0 Å². The van der Waals surface area contributed by atoms with Gasteiger partial charge >= 0.3 is 0 Å². The third-order valence-electron chi connectivity index (χ3n) is 3.17. The number of carbonyl (C=O) groups excluding carboxylic acids is 2. The molecule has 0 bridgehead atoms. The van der Waals surface area contributed by atoms with E-state index >= 15 is 0 Å². The normalized spacial score (nSPS) is 12.3. The summed E-state index contributed by atoms with van der Waals surface area (Å²) in [5.74, 6) is -0.205. The van der Waals surface area contributed by atoms with Crippen LogP contribution in [-0.2, 0) is 9.59 Å². The monoisotopic (exact) mass is 291 g/mol. The first-order chi connectivity index (χ1) is 9.79. The zero-order valence-corrected chi connectivity index (χ0v) is 13.4. The van der Waals surface area contributed by atoms with Crippen molar-refractivity contribution in [2.24, 2.45) is 0 Å². The summed E-state index contributed by atoms with van der Waals surface area (Å²) in [6.07, 6.45) is 0. The highest BCUT2D eigenvalue weighted by molar-refractivity contribution is 5.95. The lowest BCUT2D eigenvalue weighted by Crippen LogP contribution is -2.45. The second-order valence-corrected chi connectivity index (χ2v) is 5.67. The van der Waals surface area contributed by atoms with E-state index in [0.29, 0.717) is 0 Å². The molecule has 1 aromatic carbocycles. The van der Waals surface area contributed by atoms with Crippen LogP contribution >= 0.6 is 0 Å². The Bertz CT molecular complexity index is 500. The number of benzene rings is 1. The molecule has 0 spiro atoms. The van der Waals surface area contributed by atoms with Crippen molar-refractivity contribution in [1.29, 1.82) is 0 Å². The van der Waals surface area contributed by atoms with Crippen LogP contribution in [-0.4, -0.2) is 42.4 Å². The third kappa shape index (κ3) is 5.95. The molecule has 1 atom stereocenters. The molecule has 116 valence electrons. The fourth-order valence-corrected chi connectivity index (χ4v) is 1.90. The Balaban J connectivity index is 2.55. The molecule has 1 aromatic rings. The number of nitrogens with one attached hydrogen (secondary N) is 2. The predicted molar refractivity (Wildman–Crippen MR) is 85.2 cm³/mol. The molecule has 0 aliphatic carbocycles. The maximum absolute atomic E-state index is 12.2. The van der Waals surface area contributed by atoms with Gasteiger partial charge in [-0.3, -0.25) is 14.5 Å². The Hall–Kier alpha value is -1.88. The molecule has 0 aliphatic heterocycles. The largest absolute Gasteiger partial charge is 0.353 e. The van der Waals surface area contributed by atoms with Crippen molar-refractivity contribution in [1.82, 2.24) is 10.2 Å². The second kappa shape index (κ2) is 7.78. The van der Waals surface area contributed by atoms with Gasteiger partial charge in [0.15, 0.2) is 0 Å². The van der Waals surface area contributed by atoms with E-state index in [2.05, 4.69) is 10.6 Å². The standard InChI is InChI=1S/C16H25N3O2/c1-11(2)17-15(20)10-19(5)13(4)16(21)18-14-8-6-7-12(3)9-14/h6-9,11,13H,10H2,1-5H3,(H,17,20)(H,18,21)/t13-/m0/s1. The topological polar surface area (TPSA) is 61.4 Å². The SMILES string of the molecule is Cc1cccc(NC(=O)[C@H](C)N(C)CC(=O)NC(C)C)c1. The summed E-state index contributed by atoms with van der Waals surface area (Å²) in [6.45, 7) is 7.77. The molecule has 21 heavy (non-hydrogen) atoms. The Morgan fingerprint density at radius 3 is 2.48 bits per heavy atom. The molecule has 0 aliphatic rings. The van der Waals surface area contributed by atoms with Crippen LogP contribution in [0.5, 0.6) is 0 Å². The van der Waals surface area contributed by atoms with Gasteiger partial charge in [0, 0.05) is 11.7 Å². The number of carbonyl (C=O) groups is 2. The Labute approximate surface area is 126 Å². The van der Waals surface area contributed by atoms with Crippen LogP contribution in [0.25, 0.3) is 0 Å². The minimum Gasteiger partial charge on any atom is -0.353 e. The molecule has 0 fully saturated rings. The van der Waals surface area contributed by atoms with Crippen molar-refractivity contribution in [3.8, 4) is 0 Å². The average Bonchev–Trinajstić information content (AvgIpc) is 2.36. The molecule has 0 aromatic heterocycles. The molecule has 2 amide bonds. The Morgan fingerprint density at radius 2 is 1.90 bits per heavy atom. The van der Waals surface area contributed by atoms with Gasteiger partial charge in [0.1, 0.15) is 0 Å². The fraction of sp³-hybridized carbons (Fsp3) is 0.500. The van der Waals surface area contributed by atoms with E-state index in [1.165, 1.54) is 0 Å². The van der Waals surface area contributed by atoms with Crippen molar-refractivity contribution in [3.05, 3.63) is 29.8 Å². The lowest BCUT2D eigenvalue weighted by Gasteiger charge is -2.23. The van der Waals surface area contributed by atoms with Crippen LogP contribution in [0.4, 0.5) is 5.69 Å². The third-order valence-corrected chi connectivity index (χ3v) is 3.17. The van der Waals surface area contributed by atoms with E-state index in [0.717, 1.165) is 11.3 Å². The molecular weight excluding hydrogens is 266 g/mol. The summed E-state index contributed by atoms with van der Waals surface area (Å²) in [4.78, 5) is 25.6. The van der Waals surface area contributed by atoms with Gasteiger partial charge in [0.2, 0.25) is 11.8 Å². The molecule has 0 saturated carbocycles. The lowest BCUT2D eigenvalue weighted by atomic mass is 10.2. The zero-order valence-electron chi connectivity index (χ0n) is 13.4. The van der Waals surface area contributed by atoms with Gasteiger partial charge in [0.25, 0.3) is 0 Å². The molecule has 2 N–H and O–H groups in total. The lowest BCUT2D eigenvalue weighted by molar-refractivity contribution is -0.125. The van der Waals surface area contributed by atoms with Crippen molar-refractivity contribution in [3.63, 3.8) is 0 Å². The van der Waals surface area contributed by atoms with E-state index in [-0.39, 0.29) is 30.4 Å². The van der Waals surface area contributed by atoms with Gasteiger partial charge in [0.05, 0.1) is 12.6 Å². The number of aryl methyl sites for hydroxylation is 1. The number of rotatable bonds is 6. The highest BCUT2D eigenvalue weighted by Crippen LogP contribution is 2.10. The maximum Gasteiger partial charge on any atom is 0.241 e. The van der Waals surface area contributed by atoms with Crippen molar-refractivity contribution < 1.29 is 9.59 Å². The van der Waals surface area contributed by atoms with Gasteiger partial charge in [-0.2, -0.15) is 0 Å². The van der Waals surface area contributed by atoms with Crippen LogP contribution in [0.2, 0.25) is 0 Å². The summed E-state index contributed by atoms with van der Waals surface area (Å²) in [5, 5.41) is 5.68. The van der Waals surface area contributed by atoms with Crippen LogP contribution in [0.1, 0.15) is 26.3 Å². The van der Waals surface area contributed by atoms with Gasteiger partial charge < -0.3 is 10.6 Å². The number of likely N-dealkylation sites (N-methyl/N-ethyl adjacent to an activating group) is 1. The molecule has 0 heterocycles. The molecule has 0 unspecified atom stereocenters. The Morgan fingerprint density at radius 1 is 1.24 bits per heavy atom. The summed E-state index contributed by atoms with van der Waals surface area (Å²) in [7, 11) is 1.76. The zero-order chi connectivity index (χ0) is 16.0. The fourth-order valence-electron chi connectivity index (χ4n) is 1.90. The number of nitrogens with zero attached hydrogens (tertiary/aromatic N) is 1. The number of anilines is 1. The Kier molecular flexibility index (Phi) is 6.37. The number of hydrogen-bond donors (Lipinski definition) is 2. The van der Waals surface area contributed by atoms with Crippen molar-refractivity contribution >= 4 is 17.5 Å². The highest BCUT2D eigenvalue weighted by Gasteiger charge is 2.20. The molecule has 1 rings (SSSR count). The predicted octanol–water partition coefficient (Wildman–Crippen LogP) is 1.78. The summed E-state index contributed by atoms with van der Waals surface area (Å²) >= 11 is 0. The molecule has 5 nitrogen and oxygen atoms in total. The summed E-state index contributed by atoms with van der Waals surface area (Å²) in [5.41, 5.74) is 1.86. The van der Waals surface area contributed by atoms with Gasteiger partial charge in [-0.05, 0) is 52.4 Å². The van der Waals surface area contributed by atoms with E-state index in [1.54, 1.807) is 18.9 Å². The smallest absolute Gasteiger partial charge is 0.241 e. The van der Waals surface area contributed by atoms with Gasteiger partial charge in [-0.1, -0.05) is 12.1 Å². The van der Waals surface area contributed by atoms with Crippen LogP contribution < -0.4 is 10.6 Å². The minimum absolute atomic E-state index is 0.0808. The van der Waals surface area contributed by atoms with Crippen LogP contribution in [0.3, 0.4) is 0 Å². The molecule has 5 heteroatoms. The molecule has 0 saturated heterocycles. The molecular formula is C16H25N3O2. The molecule has 0 radical (unpaired) electrons. The second-order valence-electron chi connectivity index (χ2n) is 5.67.